The molecule has 0 spiro atoms. The third kappa shape index (κ3) is 12.2. The van der Waals surface area contributed by atoms with Crippen molar-refractivity contribution in [2.24, 2.45) is 0 Å². The second kappa shape index (κ2) is 6.27. The van der Waals surface area contributed by atoms with Crippen molar-refractivity contribution in [1.29, 1.82) is 0 Å². The lowest BCUT2D eigenvalue weighted by Gasteiger charge is -2.31. The summed E-state index contributed by atoms with van der Waals surface area (Å²) >= 11 is 10.2. The fourth-order valence-electron chi connectivity index (χ4n) is 0.588. The van der Waals surface area contributed by atoms with Gasteiger partial charge in [-0.1, -0.05) is 47.8 Å². The summed E-state index contributed by atoms with van der Waals surface area (Å²) in [5.74, 6) is 0. The van der Waals surface area contributed by atoms with Gasteiger partial charge in [0.05, 0.1) is 0 Å². The molecule has 16 heavy (non-hydrogen) atoms. The van der Waals surface area contributed by atoms with E-state index in [1.54, 1.807) is 0 Å². The maximum atomic E-state index is 5.67. The van der Waals surface area contributed by atoms with Gasteiger partial charge in [0.25, 0.3) is 0 Å². The molecule has 0 radical (unpaired) electrons. The Hall–Kier alpha value is 1.75. The summed E-state index contributed by atoms with van der Waals surface area (Å²) < 4.78 is 15.5. The van der Waals surface area contributed by atoms with E-state index in [9.17, 15) is 0 Å². The highest BCUT2D eigenvalue weighted by Gasteiger charge is 2.33. The third-order valence-corrected chi connectivity index (χ3v) is 3.93. The van der Waals surface area contributed by atoms with Crippen molar-refractivity contribution in [3.8, 4) is 0 Å². The lowest BCUT2D eigenvalue weighted by atomic mass is 10.5. The summed E-state index contributed by atoms with van der Waals surface area (Å²) in [4.78, 5) is 0. The molecule has 0 aromatic rings. The van der Waals surface area contributed by atoms with E-state index in [2.05, 4.69) is 47.8 Å². The van der Waals surface area contributed by atoms with Gasteiger partial charge in [0.2, 0.25) is 0 Å². The second-order valence-corrected chi connectivity index (χ2v) is 11.3. The molecule has 0 atom stereocenters. The Morgan fingerprint density at radius 3 is 0.938 bits per heavy atom. The number of hydrogen-bond acceptors (Lipinski definition) is 3. The average Bonchev–Trinajstić information content (AvgIpc) is 1.70. The summed E-state index contributed by atoms with van der Waals surface area (Å²) in [5, 5.41) is 0. The van der Waals surface area contributed by atoms with Crippen LogP contribution in [0.5, 0.6) is 0 Å². The van der Waals surface area contributed by atoms with Crippen molar-refractivity contribution in [3.63, 3.8) is 0 Å². The van der Waals surface area contributed by atoms with Crippen molar-refractivity contribution < 1.29 is 13.6 Å². The summed E-state index contributed by atoms with van der Waals surface area (Å²) in [6, 6.07) is 0. The Balaban J connectivity index is 4.53. The fraction of sp³-hybridized carbons (Fsp3) is 1.00. The zero-order valence-corrected chi connectivity index (χ0v) is 16.0. The quantitative estimate of drug-likeness (QED) is 0.391. The standard InChI is InChI=1S/C9H18Br3O3P/c1-7(2,10)13-16(14-8(3,4)11)15-9(5,6)12/h1-6H3. The molecular weight excluding hydrogens is 427 g/mol. The molecule has 0 aliphatic rings. The minimum atomic E-state index is -1.47. The highest BCUT2D eigenvalue weighted by atomic mass is 79.9. The largest absolute Gasteiger partial charge is 0.336 e. The van der Waals surface area contributed by atoms with Gasteiger partial charge in [-0.3, -0.25) is 13.6 Å². The van der Waals surface area contributed by atoms with Gasteiger partial charge in [-0.2, -0.15) is 0 Å². The molecule has 0 amide bonds. The van der Waals surface area contributed by atoms with E-state index >= 15 is 0 Å². The zero-order chi connectivity index (χ0) is 13.2. The van der Waals surface area contributed by atoms with Crippen LogP contribution in [-0.2, 0) is 13.6 Å². The molecule has 3 nitrogen and oxygen atoms in total. The maximum absolute atomic E-state index is 5.67. The van der Waals surface area contributed by atoms with Gasteiger partial charge in [-0.05, 0) is 41.5 Å². The zero-order valence-electron chi connectivity index (χ0n) is 10.3. The van der Waals surface area contributed by atoms with Crippen LogP contribution in [0.4, 0.5) is 0 Å². The highest BCUT2D eigenvalue weighted by Crippen LogP contribution is 2.53. The minimum Gasteiger partial charge on any atom is -0.294 e. The fourth-order valence-corrected chi connectivity index (χ4v) is 2.83. The number of rotatable bonds is 6. The summed E-state index contributed by atoms with van der Waals surface area (Å²) in [5.41, 5.74) is 0. The first-order chi connectivity index (χ1) is 6.79. The third-order valence-electron chi connectivity index (χ3n) is 0.875. The van der Waals surface area contributed by atoms with Crippen LogP contribution in [-0.4, -0.2) is 13.5 Å². The van der Waals surface area contributed by atoms with Crippen LogP contribution in [0.15, 0.2) is 0 Å². The van der Waals surface area contributed by atoms with Crippen molar-refractivity contribution in [1.82, 2.24) is 0 Å². The number of alkyl halides is 3. The van der Waals surface area contributed by atoms with Crippen molar-refractivity contribution >= 4 is 56.4 Å². The molecule has 0 aromatic heterocycles. The van der Waals surface area contributed by atoms with Crippen molar-refractivity contribution in [3.05, 3.63) is 0 Å². The lowest BCUT2D eigenvalue weighted by Crippen LogP contribution is -2.22. The minimum absolute atomic E-state index is 0.491. The van der Waals surface area contributed by atoms with Crippen LogP contribution in [0.25, 0.3) is 0 Å². The molecule has 0 aromatic carbocycles. The normalized spacial score (nSPS) is 14.6. The Morgan fingerprint density at radius 1 is 0.625 bits per heavy atom. The van der Waals surface area contributed by atoms with E-state index in [0.29, 0.717) is 0 Å². The Bertz CT molecular complexity index is 179. The van der Waals surface area contributed by atoms with Gasteiger partial charge < -0.3 is 0 Å². The van der Waals surface area contributed by atoms with E-state index in [-0.39, 0.29) is 0 Å². The molecule has 0 fully saturated rings. The molecule has 0 bridgehead atoms. The van der Waals surface area contributed by atoms with Gasteiger partial charge in [0.15, 0.2) is 0 Å². The Kier molecular flexibility index (Phi) is 6.95. The monoisotopic (exact) mass is 442 g/mol. The lowest BCUT2D eigenvalue weighted by molar-refractivity contribution is 0.0705. The Labute approximate surface area is 124 Å². The summed E-state index contributed by atoms with van der Waals surface area (Å²) in [7, 11) is -1.47. The smallest absolute Gasteiger partial charge is 0.294 e. The summed E-state index contributed by atoms with van der Waals surface area (Å²) in [6.07, 6.45) is 0. The predicted octanol–water partition coefficient (Wildman–Crippen LogP) is 5.66. The molecule has 98 valence electrons. The van der Waals surface area contributed by atoms with Crippen molar-refractivity contribution in [2.75, 3.05) is 0 Å². The van der Waals surface area contributed by atoms with Gasteiger partial charge in [-0.15, -0.1) is 0 Å². The molecule has 0 aliphatic carbocycles. The predicted molar refractivity (Wildman–Crippen MR) is 79.2 cm³/mol. The first kappa shape index (κ1) is 17.8. The average molecular weight is 445 g/mol. The van der Waals surface area contributed by atoms with E-state index in [1.165, 1.54) is 0 Å². The first-order valence-electron chi connectivity index (χ1n) is 4.73. The molecule has 0 unspecified atom stereocenters. The summed E-state index contributed by atoms with van der Waals surface area (Å²) in [6.45, 7) is 11.3. The van der Waals surface area contributed by atoms with E-state index < -0.39 is 22.1 Å². The van der Waals surface area contributed by atoms with Gasteiger partial charge in [0.1, 0.15) is 13.5 Å². The number of halogens is 3. The van der Waals surface area contributed by atoms with Crippen LogP contribution in [0.1, 0.15) is 41.5 Å². The molecule has 0 heterocycles. The van der Waals surface area contributed by atoms with Crippen LogP contribution in [0, 0.1) is 0 Å². The Morgan fingerprint density at radius 2 is 0.812 bits per heavy atom. The molecule has 0 saturated heterocycles. The van der Waals surface area contributed by atoms with Crippen LogP contribution in [0.2, 0.25) is 0 Å². The van der Waals surface area contributed by atoms with Gasteiger partial charge in [-0.25, -0.2) is 0 Å². The van der Waals surface area contributed by atoms with Gasteiger partial charge in [0, 0.05) is 0 Å². The first-order valence-corrected chi connectivity index (χ1v) is 8.20. The maximum Gasteiger partial charge on any atom is 0.336 e. The topological polar surface area (TPSA) is 27.7 Å². The van der Waals surface area contributed by atoms with Crippen LogP contribution >= 0.6 is 56.4 Å². The van der Waals surface area contributed by atoms with Crippen molar-refractivity contribution in [2.45, 2.75) is 55.1 Å². The molecule has 0 saturated carbocycles. The van der Waals surface area contributed by atoms with Crippen LogP contribution in [0.3, 0.4) is 0 Å². The van der Waals surface area contributed by atoms with E-state index in [1.807, 2.05) is 41.5 Å². The molecule has 0 rings (SSSR count). The molecular formula is C9H18Br3O3P. The van der Waals surface area contributed by atoms with E-state index in [0.717, 1.165) is 0 Å². The van der Waals surface area contributed by atoms with Gasteiger partial charge >= 0.3 is 8.60 Å². The van der Waals surface area contributed by atoms with Crippen LogP contribution < -0.4 is 0 Å². The SMILES string of the molecule is CC(C)(Br)OP(OC(C)(C)Br)OC(C)(C)Br. The molecule has 0 N–H and O–H groups in total. The second-order valence-electron chi connectivity index (χ2n) is 4.59. The van der Waals surface area contributed by atoms with E-state index in [4.69, 9.17) is 13.6 Å². The highest BCUT2D eigenvalue weighted by molar-refractivity contribution is 9.10. The molecule has 7 heteroatoms. The number of hydrogen-bond donors (Lipinski definition) is 0. The molecule has 0 aliphatic heterocycles.